The number of nitrogens with two attached hydrogens (primary N) is 1. The third-order valence-corrected chi connectivity index (χ3v) is 1.93. The zero-order valence-corrected chi connectivity index (χ0v) is 8.96. The minimum Gasteiger partial charge on any atom is -0.493 e. The fraction of sp³-hybridized carbons (Fsp3) is 0.222. The van der Waals surface area contributed by atoms with Crippen molar-refractivity contribution in [3.05, 3.63) is 29.0 Å². The summed E-state index contributed by atoms with van der Waals surface area (Å²) in [5.41, 5.74) is 1.76. The van der Waals surface area contributed by atoms with Crippen LogP contribution in [0.4, 0.5) is 4.39 Å². The molecule has 7 heteroatoms. The SMILES string of the molecule is NNOC(=O)CCOc1ccc(F)c(Cl)c1. The second kappa shape index (κ2) is 6.26. The Hall–Kier alpha value is -1.37. The Labute approximate surface area is 96.2 Å². The Bertz CT molecular complexity index is 376. The quantitative estimate of drug-likeness (QED) is 0.604. The van der Waals surface area contributed by atoms with E-state index >= 15 is 0 Å². The molecule has 0 heterocycles. The molecule has 0 radical (unpaired) electrons. The second-order valence-electron chi connectivity index (χ2n) is 2.77. The molecular formula is C9H10ClFN2O3. The van der Waals surface area contributed by atoms with Crippen LogP contribution in [-0.2, 0) is 9.63 Å². The molecule has 0 amide bonds. The molecule has 0 unspecified atom stereocenters. The van der Waals surface area contributed by atoms with E-state index in [0.29, 0.717) is 5.75 Å². The maximum Gasteiger partial charge on any atom is 0.329 e. The number of hydrazine groups is 1. The normalized spacial score (nSPS) is 9.94. The van der Waals surface area contributed by atoms with Gasteiger partial charge in [0, 0.05) is 6.07 Å². The molecular weight excluding hydrogens is 239 g/mol. The molecule has 16 heavy (non-hydrogen) atoms. The highest BCUT2D eigenvalue weighted by Crippen LogP contribution is 2.21. The summed E-state index contributed by atoms with van der Waals surface area (Å²) in [4.78, 5) is 15.1. The first kappa shape index (κ1) is 12.7. The van der Waals surface area contributed by atoms with Gasteiger partial charge in [-0.1, -0.05) is 17.2 Å². The van der Waals surface area contributed by atoms with Gasteiger partial charge in [0.15, 0.2) is 0 Å². The van der Waals surface area contributed by atoms with E-state index in [1.165, 1.54) is 18.2 Å². The zero-order valence-electron chi connectivity index (χ0n) is 8.20. The predicted molar refractivity (Wildman–Crippen MR) is 54.9 cm³/mol. The van der Waals surface area contributed by atoms with E-state index in [-0.39, 0.29) is 18.1 Å². The van der Waals surface area contributed by atoms with Crippen molar-refractivity contribution in [2.45, 2.75) is 6.42 Å². The number of benzene rings is 1. The van der Waals surface area contributed by atoms with Crippen molar-refractivity contribution in [1.82, 2.24) is 5.59 Å². The molecule has 0 aliphatic heterocycles. The van der Waals surface area contributed by atoms with E-state index in [9.17, 15) is 9.18 Å². The van der Waals surface area contributed by atoms with Crippen LogP contribution in [0.3, 0.4) is 0 Å². The molecule has 0 fully saturated rings. The van der Waals surface area contributed by atoms with Crippen LogP contribution >= 0.6 is 11.6 Å². The van der Waals surface area contributed by atoms with Crippen molar-refractivity contribution in [2.24, 2.45) is 5.84 Å². The molecule has 5 nitrogen and oxygen atoms in total. The molecule has 0 saturated heterocycles. The van der Waals surface area contributed by atoms with Crippen LogP contribution in [0.1, 0.15) is 6.42 Å². The molecule has 0 aliphatic carbocycles. The summed E-state index contributed by atoms with van der Waals surface area (Å²) in [6.07, 6.45) is 0.0131. The molecule has 0 atom stereocenters. The van der Waals surface area contributed by atoms with Gasteiger partial charge in [-0.2, -0.15) is 0 Å². The predicted octanol–water partition coefficient (Wildman–Crippen LogP) is 1.17. The molecule has 1 aromatic carbocycles. The fourth-order valence-electron chi connectivity index (χ4n) is 0.936. The van der Waals surface area contributed by atoms with Crippen molar-refractivity contribution < 1.29 is 18.8 Å². The van der Waals surface area contributed by atoms with Crippen LogP contribution in [0.2, 0.25) is 5.02 Å². The highest BCUT2D eigenvalue weighted by molar-refractivity contribution is 6.30. The zero-order chi connectivity index (χ0) is 12.0. The first-order valence-corrected chi connectivity index (χ1v) is 4.74. The van der Waals surface area contributed by atoms with E-state index in [4.69, 9.17) is 22.2 Å². The van der Waals surface area contributed by atoms with Crippen molar-refractivity contribution in [3.63, 3.8) is 0 Å². The van der Waals surface area contributed by atoms with E-state index in [0.717, 1.165) is 0 Å². The van der Waals surface area contributed by atoms with Crippen molar-refractivity contribution >= 4 is 17.6 Å². The number of carbonyl (C=O) groups excluding carboxylic acids is 1. The average molecular weight is 249 g/mol. The third-order valence-electron chi connectivity index (χ3n) is 1.64. The van der Waals surface area contributed by atoms with E-state index in [1.807, 2.05) is 0 Å². The van der Waals surface area contributed by atoms with Gasteiger partial charge in [0.1, 0.15) is 11.6 Å². The van der Waals surface area contributed by atoms with Crippen LogP contribution in [0, 0.1) is 5.82 Å². The molecule has 88 valence electrons. The number of halogens is 2. The number of nitrogens with one attached hydrogen (secondary N) is 1. The van der Waals surface area contributed by atoms with Gasteiger partial charge in [-0.05, 0) is 12.1 Å². The Morgan fingerprint density at radius 2 is 2.31 bits per heavy atom. The molecule has 1 aromatic rings. The van der Waals surface area contributed by atoms with Gasteiger partial charge in [-0.15, -0.1) is 0 Å². The minimum absolute atomic E-state index is 0.0131. The summed E-state index contributed by atoms with van der Waals surface area (Å²) in [5, 5.41) is -0.0382. The Balaban J connectivity index is 2.37. The van der Waals surface area contributed by atoms with E-state index in [2.05, 4.69) is 4.84 Å². The maximum absolute atomic E-state index is 12.8. The van der Waals surface area contributed by atoms with Gasteiger partial charge in [-0.25, -0.2) is 10.2 Å². The molecule has 0 aliphatic rings. The molecule has 0 aromatic heterocycles. The lowest BCUT2D eigenvalue weighted by molar-refractivity contribution is -0.151. The third kappa shape index (κ3) is 4.01. The van der Waals surface area contributed by atoms with Crippen molar-refractivity contribution in [2.75, 3.05) is 6.61 Å². The Morgan fingerprint density at radius 1 is 1.56 bits per heavy atom. The van der Waals surface area contributed by atoms with E-state index in [1.54, 1.807) is 5.59 Å². The molecule has 3 N–H and O–H groups in total. The number of carbonyl (C=O) groups is 1. The van der Waals surface area contributed by atoms with E-state index < -0.39 is 11.8 Å². The van der Waals surface area contributed by atoms with Gasteiger partial charge >= 0.3 is 5.97 Å². The van der Waals surface area contributed by atoms with Crippen LogP contribution in [0.5, 0.6) is 5.75 Å². The first-order chi connectivity index (χ1) is 7.63. The Morgan fingerprint density at radius 3 is 2.94 bits per heavy atom. The van der Waals surface area contributed by atoms with Gasteiger partial charge in [0.25, 0.3) is 0 Å². The summed E-state index contributed by atoms with van der Waals surface area (Å²) in [5.74, 6) is 4.04. The minimum atomic E-state index is -0.560. The summed E-state index contributed by atoms with van der Waals surface area (Å²) in [6, 6.07) is 3.91. The summed E-state index contributed by atoms with van der Waals surface area (Å²) in [7, 11) is 0. The first-order valence-electron chi connectivity index (χ1n) is 4.36. The number of hydrogen-bond donors (Lipinski definition) is 2. The highest BCUT2D eigenvalue weighted by Gasteiger charge is 2.04. The highest BCUT2D eigenvalue weighted by atomic mass is 35.5. The van der Waals surface area contributed by atoms with Crippen LogP contribution < -0.4 is 16.2 Å². The Kier molecular flexibility index (Phi) is 4.97. The van der Waals surface area contributed by atoms with Crippen molar-refractivity contribution in [3.8, 4) is 5.75 Å². The largest absolute Gasteiger partial charge is 0.493 e. The fourth-order valence-corrected chi connectivity index (χ4v) is 1.11. The lowest BCUT2D eigenvalue weighted by Gasteiger charge is -2.06. The standard InChI is InChI=1S/C9H10ClFN2O3/c10-7-5-6(1-2-8(7)11)15-4-3-9(14)16-13-12/h1-2,5,13H,3-4,12H2. The maximum atomic E-state index is 12.8. The lowest BCUT2D eigenvalue weighted by Crippen LogP contribution is -2.26. The number of rotatable bonds is 5. The summed E-state index contributed by atoms with van der Waals surface area (Å²) in [6.45, 7) is 0.0858. The summed E-state index contributed by atoms with van der Waals surface area (Å²) < 4.78 is 17.9. The molecule has 1 rings (SSSR count). The van der Waals surface area contributed by atoms with Crippen molar-refractivity contribution in [1.29, 1.82) is 0 Å². The van der Waals surface area contributed by atoms with Gasteiger partial charge in [0.05, 0.1) is 18.1 Å². The molecule has 0 bridgehead atoms. The van der Waals surface area contributed by atoms with Gasteiger partial charge in [-0.3, -0.25) is 4.79 Å². The monoisotopic (exact) mass is 248 g/mol. The summed E-state index contributed by atoms with van der Waals surface area (Å²) >= 11 is 5.53. The molecule has 0 spiro atoms. The number of ether oxygens (including phenoxy) is 1. The van der Waals surface area contributed by atoms with Crippen LogP contribution in [0.15, 0.2) is 18.2 Å². The van der Waals surface area contributed by atoms with Gasteiger partial charge in [0.2, 0.25) is 0 Å². The lowest BCUT2D eigenvalue weighted by atomic mass is 10.3. The second-order valence-corrected chi connectivity index (χ2v) is 3.17. The topological polar surface area (TPSA) is 73.6 Å². The van der Waals surface area contributed by atoms with Gasteiger partial charge < -0.3 is 9.57 Å². The van der Waals surface area contributed by atoms with Crippen LogP contribution in [0.25, 0.3) is 0 Å². The average Bonchev–Trinajstić information content (AvgIpc) is 2.24. The number of hydrogen-bond acceptors (Lipinski definition) is 5. The smallest absolute Gasteiger partial charge is 0.329 e. The molecule has 0 saturated carbocycles. The van der Waals surface area contributed by atoms with Crippen LogP contribution in [-0.4, -0.2) is 12.6 Å².